The highest BCUT2D eigenvalue weighted by molar-refractivity contribution is 5.94. The lowest BCUT2D eigenvalue weighted by Crippen LogP contribution is -2.55. The van der Waals surface area contributed by atoms with Gasteiger partial charge in [-0.15, -0.1) is 0 Å². The van der Waals surface area contributed by atoms with Gasteiger partial charge in [-0.2, -0.15) is 4.90 Å². The van der Waals surface area contributed by atoms with Crippen LogP contribution < -0.4 is 0 Å². The first-order valence-corrected chi connectivity index (χ1v) is 13.4. The number of benzene rings is 3. The van der Waals surface area contributed by atoms with Gasteiger partial charge in [0, 0.05) is 0 Å². The van der Waals surface area contributed by atoms with Crippen LogP contribution >= 0.6 is 0 Å². The van der Waals surface area contributed by atoms with Crippen LogP contribution in [0.2, 0.25) is 0 Å². The van der Waals surface area contributed by atoms with Gasteiger partial charge >= 0.3 is 18.2 Å². The van der Waals surface area contributed by atoms with Gasteiger partial charge in [0.1, 0.15) is 16.8 Å². The van der Waals surface area contributed by atoms with Crippen LogP contribution in [-0.2, 0) is 29.3 Å². The number of hydrogen-bond acceptors (Lipinski definition) is 7. The van der Waals surface area contributed by atoms with E-state index in [0.29, 0.717) is 4.90 Å². The summed E-state index contributed by atoms with van der Waals surface area (Å²) in [6.07, 6.45) is -2.12. The smallest absolute Gasteiger partial charge is 0.420 e. The Morgan fingerprint density at radius 3 is 1.27 bits per heavy atom. The Bertz CT molecular complexity index is 1170. The van der Waals surface area contributed by atoms with Crippen molar-refractivity contribution >= 4 is 18.2 Å². The van der Waals surface area contributed by atoms with Crippen molar-refractivity contribution in [2.45, 2.75) is 64.4 Å². The van der Waals surface area contributed by atoms with Crippen molar-refractivity contribution in [2.24, 2.45) is 0 Å². The number of esters is 1. The Balaban J connectivity index is 2.18. The van der Waals surface area contributed by atoms with Crippen LogP contribution in [0.25, 0.3) is 0 Å². The van der Waals surface area contributed by atoms with E-state index in [2.05, 4.69) is 0 Å². The van der Waals surface area contributed by atoms with Gasteiger partial charge in [0.15, 0.2) is 6.04 Å². The summed E-state index contributed by atoms with van der Waals surface area (Å²) < 4.78 is 22.9. The molecule has 3 aromatic rings. The van der Waals surface area contributed by atoms with Crippen LogP contribution in [-0.4, -0.2) is 54.0 Å². The molecule has 2 amide bonds. The molecule has 0 aromatic heterocycles. The quantitative estimate of drug-likeness (QED) is 0.171. The second-order valence-electron chi connectivity index (χ2n) is 11.5. The van der Waals surface area contributed by atoms with Gasteiger partial charge in [0.25, 0.3) is 0 Å². The minimum atomic E-state index is -1.53. The monoisotopic (exact) mass is 561 g/mol. The molecule has 1 atom stereocenters. The van der Waals surface area contributed by atoms with Gasteiger partial charge in [0.2, 0.25) is 0 Å². The van der Waals surface area contributed by atoms with Gasteiger partial charge in [-0.3, -0.25) is 0 Å². The average molecular weight is 562 g/mol. The molecule has 41 heavy (non-hydrogen) atoms. The van der Waals surface area contributed by atoms with Crippen molar-refractivity contribution in [2.75, 3.05) is 13.7 Å². The number of rotatable bonds is 8. The number of imide groups is 1. The second kappa shape index (κ2) is 13.0. The summed E-state index contributed by atoms with van der Waals surface area (Å²) in [5.41, 5.74) is -0.795. The molecule has 0 N–H and O–H groups in total. The van der Waals surface area contributed by atoms with Gasteiger partial charge in [-0.05, 0) is 58.2 Å². The number of nitrogens with zero attached hydrogens (tertiary/aromatic N) is 1. The molecule has 0 unspecified atom stereocenters. The van der Waals surface area contributed by atoms with E-state index in [1.807, 2.05) is 91.0 Å². The van der Waals surface area contributed by atoms with E-state index >= 15 is 0 Å². The van der Waals surface area contributed by atoms with Crippen LogP contribution in [0.4, 0.5) is 9.59 Å². The van der Waals surface area contributed by atoms with E-state index in [1.165, 1.54) is 7.11 Å². The number of methoxy groups -OCH3 is 1. The first-order chi connectivity index (χ1) is 19.3. The highest BCUT2D eigenvalue weighted by atomic mass is 16.6. The molecule has 218 valence electrons. The number of amides is 2. The summed E-state index contributed by atoms with van der Waals surface area (Å²) >= 11 is 0. The second-order valence-corrected chi connectivity index (χ2v) is 11.5. The maximum absolute atomic E-state index is 13.4. The summed E-state index contributed by atoms with van der Waals surface area (Å²) in [6, 6.07) is 27.1. The largest absolute Gasteiger partial charge is 0.467 e. The van der Waals surface area contributed by atoms with Crippen LogP contribution in [0.15, 0.2) is 91.0 Å². The van der Waals surface area contributed by atoms with Crippen molar-refractivity contribution in [3.05, 3.63) is 108 Å². The Kier molecular flexibility index (Phi) is 9.94. The zero-order chi connectivity index (χ0) is 30.3. The highest BCUT2D eigenvalue weighted by Crippen LogP contribution is 2.40. The SMILES string of the molecule is COC(=O)[C@H](COC(c1ccccc1)(c1ccccc1)c1ccccc1)N(C(=O)OC(C)(C)C)C(=O)OC(C)(C)C. The molecule has 0 radical (unpaired) electrons. The Labute approximate surface area is 242 Å². The molecule has 0 spiro atoms. The third-order valence-corrected chi connectivity index (χ3v) is 5.96. The third kappa shape index (κ3) is 7.95. The number of ether oxygens (including phenoxy) is 4. The fourth-order valence-corrected chi connectivity index (χ4v) is 4.31. The molecule has 0 heterocycles. The normalized spacial score (nSPS) is 12.7. The predicted octanol–water partition coefficient (Wildman–Crippen LogP) is 6.71. The maximum atomic E-state index is 13.4. The summed E-state index contributed by atoms with van der Waals surface area (Å²) in [6.45, 7) is 9.53. The predicted molar refractivity (Wildman–Crippen MR) is 155 cm³/mol. The lowest BCUT2D eigenvalue weighted by Gasteiger charge is -2.38. The molecule has 0 saturated carbocycles. The van der Waals surface area contributed by atoms with Crippen LogP contribution in [0, 0.1) is 0 Å². The van der Waals surface area contributed by atoms with Crippen LogP contribution in [0.5, 0.6) is 0 Å². The molecule has 0 aliphatic carbocycles. The molecular weight excluding hydrogens is 522 g/mol. The van der Waals surface area contributed by atoms with Crippen molar-refractivity contribution in [3.63, 3.8) is 0 Å². The maximum Gasteiger partial charge on any atom is 0.420 e. The number of hydrogen-bond donors (Lipinski definition) is 0. The van der Waals surface area contributed by atoms with E-state index in [4.69, 9.17) is 18.9 Å². The van der Waals surface area contributed by atoms with Crippen LogP contribution in [0.3, 0.4) is 0 Å². The first kappa shape index (κ1) is 31.4. The van der Waals surface area contributed by atoms with Crippen LogP contribution in [0.1, 0.15) is 58.2 Å². The van der Waals surface area contributed by atoms with E-state index in [1.54, 1.807) is 41.5 Å². The molecule has 0 bridgehead atoms. The van der Waals surface area contributed by atoms with E-state index in [9.17, 15) is 14.4 Å². The van der Waals surface area contributed by atoms with Gasteiger partial charge in [-0.25, -0.2) is 14.4 Å². The minimum Gasteiger partial charge on any atom is -0.467 e. The lowest BCUT2D eigenvalue weighted by atomic mass is 9.80. The molecule has 0 aliphatic heterocycles. The molecule has 3 rings (SSSR count). The van der Waals surface area contributed by atoms with E-state index in [0.717, 1.165) is 16.7 Å². The molecular formula is C33H39NO7. The molecule has 3 aromatic carbocycles. The van der Waals surface area contributed by atoms with Crippen molar-refractivity contribution in [3.8, 4) is 0 Å². The topological polar surface area (TPSA) is 91.4 Å². The third-order valence-electron chi connectivity index (χ3n) is 5.96. The summed E-state index contributed by atoms with van der Waals surface area (Å²) in [7, 11) is 1.18. The first-order valence-electron chi connectivity index (χ1n) is 13.4. The van der Waals surface area contributed by atoms with Gasteiger partial charge < -0.3 is 18.9 Å². The fourth-order valence-electron chi connectivity index (χ4n) is 4.31. The number of carbonyl (C=O) groups excluding carboxylic acids is 3. The van der Waals surface area contributed by atoms with Crippen molar-refractivity contribution < 1.29 is 33.3 Å². The zero-order valence-corrected chi connectivity index (χ0v) is 24.7. The summed E-state index contributed by atoms with van der Waals surface area (Å²) in [4.78, 5) is 40.7. The van der Waals surface area contributed by atoms with E-state index in [-0.39, 0.29) is 0 Å². The molecule has 0 saturated heterocycles. The van der Waals surface area contributed by atoms with Crippen molar-refractivity contribution in [1.82, 2.24) is 4.90 Å². The fraction of sp³-hybridized carbons (Fsp3) is 0.364. The zero-order valence-electron chi connectivity index (χ0n) is 24.7. The Morgan fingerprint density at radius 1 is 0.634 bits per heavy atom. The molecule has 0 fully saturated rings. The molecule has 8 heteroatoms. The summed E-state index contributed by atoms with van der Waals surface area (Å²) in [5.74, 6) is -0.871. The number of carbonyl (C=O) groups is 3. The molecule has 0 aliphatic rings. The van der Waals surface area contributed by atoms with Gasteiger partial charge in [0.05, 0.1) is 13.7 Å². The Hall–Kier alpha value is -4.17. The standard InChI is InChI=1S/C33H39NO7/c1-31(2,3)40-29(36)34(30(37)41-32(4,5)6)27(28(35)38-7)23-39-33(24-17-11-8-12-18-24,25-19-13-9-14-20-25)26-21-15-10-16-22-26/h8-22,27H,23H2,1-7H3/t27-/m0/s1. The molecule has 8 nitrogen and oxygen atoms in total. The van der Waals surface area contributed by atoms with Crippen molar-refractivity contribution in [1.29, 1.82) is 0 Å². The summed E-state index contributed by atoms with van der Waals surface area (Å²) in [5, 5.41) is 0. The van der Waals surface area contributed by atoms with Gasteiger partial charge in [-0.1, -0.05) is 91.0 Å². The lowest BCUT2D eigenvalue weighted by molar-refractivity contribution is -0.151. The highest BCUT2D eigenvalue weighted by Gasteiger charge is 2.45. The Morgan fingerprint density at radius 2 is 0.976 bits per heavy atom. The average Bonchev–Trinajstić information content (AvgIpc) is 2.92. The van der Waals surface area contributed by atoms with E-state index < -0.39 is 47.6 Å². The minimum absolute atomic E-state index is 0.427.